The summed E-state index contributed by atoms with van der Waals surface area (Å²) in [6.07, 6.45) is 0.0126. The molecule has 0 spiro atoms. The van der Waals surface area contributed by atoms with Gasteiger partial charge in [-0.2, -0.15) is 11.8 Å². The largest absolute Gasteiger partial charge is 0.465 e. The van der Waals surface area contributed by atoms with Crippen molar-refractivity contribution >= 4 is 35.5 Å². The fourth-order valence-corrected chi connectivity index (χ4v) is 4.38. The number of esters is 2. The number of thioether (sulfide) groups is 1. The molecule has 0 heterocycles. The van der Waals surface area contributed by atoms with E-state index in [0.29, 0.717) is 11.3 Å². The molecule has 4 N–H and O–H groups in total. The number of amides is 2. The first-order valence-electron chi connectivity index (χ1n) is 12.2. The van der Waals surface area contributed by atoms with Crippen molar-refractivity contribution in [2.75, 3.05) is 19.0 Å². The van der Waals surface area contributed by atoms with E-state index >= 15 is 0 Å². The molecule has 1 unspecified atom stereocenters. The van der Waals surface area contributed by atoms with Gasteiger partial charge in [0, 0.05) is 17.9 Å². The number of nitrogens with one attached hydrogen (secondary N) is 2. The highest BCUT2D eigenvalue weighted by Gasteiger charge is 2.29. The predicted octanol–water partition coefficient (Wildman–Crippen LogP) is 2.50. The van der Waals surface area contributed by atoms with Gasteiger partial charge in [-0.3, -0.25) is 14.4 Å². The molecule has 9 nitrogen and oxygen atoms in total. The molecule has 3 atom stereocenters. The van der Waals surface area contributed by atoms with E-state index in [1.807, 2.05) is 30.3 Å². The van der Waals surface area contributed by atoms with E-state index in [4.69, 9.17) is 15.2 Å². The van der Waals surface area contributed by atoms with Crippen molar-refractivity contribution in [2.24, 2.45) is 5.73 Å². The third kappa shape index (κ3) is 10.6. The maximum atomic E-state index is 13.3. The van der Waals surface area contributed by atoms with Crippen molar-refractivity contribution in [1.82, 2.24) is 10.6 Å². The van der Waals surface area contributed by atoms with Crippen molar-refractivity contribution in [3.63, 3.8) is 0 Å². The van der Waals surface area contributed by atoms with Gasteiger partial charge in [-0.05, 0) is 31.4 Å². The zero-order chi connectivity index (χ0) is 27.0. The van der Waals surface area contributed by atoms with Gasteiger partial charge in [0.15, 0.2) is 6.04 Å². The molecule has 200 valence electrons. The lowest BCUT2D eigenvalue weighted by Gasteiger charge is -2.23. The summed E-state index contributed by atoms with van der Waals surface area (Å²) < 4.78 is 10.0. The van der Waals surface area contributed by atoms with Crippen molar-refractivity contribution in [1.29, 1.82) is 0 Å². The first-order valence-corrected chi connectivity index (χ1v) is 13.4. The Labute approximate surface area is 221 Å². The molecule has 0 aliphatic rings. The number of ether oxygens (including phenoxy) is 2. The Balaban J connectivity index is 2.10. The molecular formula is C27H35N3O6S. The molecule has 2 aromatic rings. The molecule has 0 fully saturated rings. The molecule has 0 saturated carbocycles. The topological polar surface area (TPSA) is 137 Å². The van der Waals surface area contributed by atoms with E-state index in [2.05, 4.69) is 10.6 Å². The van der Waals surface area contributed by atoms with Gasteiger partial charge in [0.05, 0.1) is 13.2 Å². The third-order valence-corrected chi connectivity index (χ3v) is 6.37. The minimum absolute atomic E-state index is 0.0624. The lowest BCUT2D eigenvalue weighted by molar-refractivity contribution is -0.147. The highest BCUT2D eigenvalue weighted by atomic mass is 32.2. The quantitative estimate of drug-likeness (QED) is 0.299. The highest BCUT2D eigenvalue weighted by molar-refractivity contribution is 7.98. The van der Waals surface area contributed by atoms with Gasteiger partial charge in [0.25, 0.3) is 0 Å². The number of rotatable bonds is 15. The van der Waals surface area contributed by atoms with Crippen LogP contribution in [0.3, 0.4) is 0 Å². The van der Waals surface area contributed by atoms with E-state index in [9.17, 15) is 19.2 Å². The zero-order valence-corrected chi connectivity index (χ0v) is 22.0. The van der Waals surface area contributed by atoms with Crippen LogP contribution in [0.1, 0.15) is 43.9 Å². The number of carbonyl (C=O) groups excluding carboxylic acids is 4. The van der Waals surface area contributed by atoms with Crippen LogP contribution in [0.2, 0.25) is 0 Å². The van der Waals surface area contributed by atoms with Crippen molar-refractivity contribution in [3.05, 3.63) is 71.8 Å². The minimum Gasteiger partial charge on any atom is -0.465 e. The van der Waals surface area contributed by atoms with Crippen molar-refractivity contribution in [3.8, 4) is 0 Å². The van der Waals surface area contributed by atoms with Crippen LogP contribution in [0, 0.1) is 0 Å². The van der Waals surface area contributed by atoms with Crippen LogP contribution < -0.4 is 16.4 Å². The number of carbonyl (C=O) groups is 4. The van der Waals surface area contributed by atoms with Gasteiger partial charge in [-0.1, -0.05) is 60.7 Å². The summed E-state index contributed by atoms with van der Waals surface area (Å²) in [5, 5.41) is 5.46. The maximum Gasteiger partial charge on any atom is 0.333 e. The Morgan fingerprint density at radius 1 is 0.865 bits per heavy atom. The highest BCUT2D eigenvalue weighted by Crippen LogP contribution is 2.17. The Bertz CT molecular complexity index is 1010. The number of hydrogen-bond acceptors (Lipinski definition) is 8. The Hall–Kier alpha value is -3.37. The van der Waals surface area contributed by atoms with Crippen LogP contribution in [0.25, 0.3) is 0 Å². The molecule has 0 radical (unpaired) electrons. The van der Waals surface area contributed by atoms with E-state index in [1.54, 1.807) is 44.2 Å². The summed E-state index contributed by atoms with van der Waals surface area (Å²) >= 11 is 1.47. The summed E-state index contributed by atoms with van der Waals surface area (Å²) in [4.78, 5) is 50.3. The van der Waals surface area contributed by atoms with E-state index in [1.165, 1.54) is 11.8 Å². The van der Waals surface area contributed by atoms with Gasteiger partial charge in [0.2, 0.25) is 11.8 Å². The summed E-state index contributed by atoms with van der Waals surface area (Å²) in [7, 11) is 0. The van der Waals surface area contributed by atoms with Crippen LogP contribution in [-0.4, -0.2) is 54.8 Å². The second-order valence-electron chi connectivity index (χ2n) is 8.12. The smallest absolute Gasteiger partial charge is 0.333 e. The average molecular weight is 530 g/mol. The molecule has 0 aliphatic carbocycles. The van der Waals surface area contributed by atoms with Crippen LogP contribution >= 0.6 is 11.8 Å². The first kappa shape index (κ1) is 29.9. The van der Waals surface area contributed by atoms with Crippen LogP contribution in [0.4, 0.5) is 0 Å². The molecule has 0 aliphatic heterocycles. The maximum absolute atomic E-state index is 13.3. The summed E-state index contributed by atoms with van der Waals surface area (Å²) in [6.45, 7) is 3.72. The molecule has 0 aromatic heterocycles. The average Bonchev–Trinajstić information content (AvgIpc) is 2.91. The normalized spacial score (nSPS) is 13.1. The molecule has 2 rings (SSSR count). The fourth-order valence-electron chi connectivity index (χ4n) is 3.36. The minimum atomic E-state index is -1.02. The molecule has 10 heteroatoms. The summed E-state index contributed by atoms with van der Waals surface area (Å²) in [5.41, 5.74) is 7.43. The summed E-state index contributed by atoms with van der Waals surface area (Å²) in [5.74, 6) is -1.24. The number of benzene rings is 2. The van der Waals surface area contributed by atoms with Gasteiger partial charge >= 0.3 is 11.9 Å². The second-order valence-corrected chi connectivity index (χ2v) is 9.15. The molecule has 37 heavy (non-hydrogen) atoms. The van der Waals surface area contributed by atoms with Gasteiger partial charge in [-0.15, -0.1) is 0 Å². The lowest BCUT2D eigenvalue weighted by atomic mass is 10.1. The Kier molecular flexibility index (Phi) is 13.2. The molecule has 2 amide bonds. The first-order chi connectivity index (χ1) is 17.8. The second kappa shape index (κ2) is 16.4. The lowest BCUT2D eigenvalue weighted by Crippen LogP contribution is -2.50. The Morgan fingerprint density at radius 3 is 2.08 bits per heavy atom. The molecular weight excluding hydrogens is 494 g/mol. The van der Waals surface area contributed by atoms with Crippen LogP contribution in [0.5, 0.6) is 0 Å². The predicted molar refractivity (Wildman–Crippen MR) is 142 cm³/mol. The summed E-state index contributed by atoms with van der Waals surface area (Å²) in [6, 6.07) is 15.6. The molecule has 0 saturated heterocycles. The van der Waals surface area contributed by atoms with E-state index in [0.717, 1.165) is 5.56 Å². The van der Waals surface area contributed by atoms with Gasteiger partial charge in [-0.25, -0.2) is 4.79 Å². The monoisotopic (exact) mass is 529 g/mol. The zero-order valence-electron chi connectivity index (χ0n) is 21.2. The fraction of sp³-hybridized carbons (Fsp3) is 0.407. The van der Waals surface area contributed by atoms with Gasteiger partial charge in [0.1, 0.15) is 12.1 Å². The molecule has 0 bridgehead atoms. The van der Waals surface area contributed by atoms with Crippen LogP contribution in [-0.2, 0) is 34.4 Å². The third-order valence-electron chi connectivity index (χ3n) is 5.26. The number of nitrogens with two attached hydrogens (primary N) is 1. The standard InChI is InChI=1S/C27H35N3O6S/c1-3-35-26(33)21(28)15-16-23(31)29-22(18-37-17-19-11-7-5-8-12-19)25(32)30-24(27(34)36-4-2)20-13-9-6-10-14-20/h5-14,21-22,24H,3-4,15-18,28H2,1-2H3,(H,29,31)(H,30,32)/t21-,22-,24?/m0/s1. The van der Waals surface area contributed by atoms with Crippen LogP contribution in [0.15, 0.2) is 60.7 Å². The van der Waals surface area contributed by atoms with E-state index in [-0.39, 0.29) is 31.8 Å². The van der Waals surface area contributed by atoms with Crippen molar-refractivity contribution < 1.29 is 28.7 Å². The molecule has 2 aromatic carbocycles. The number of hydrogen-bond donors (Lipinski definition) is 3. The Morgan fingerprint density at radius 2 is 1.46 bits per heavy atom. The van der Waals surface area contributed by atoms with Crippen molar-refractivity contribution in [2.45, 2.75) is 50.6 Å². The van der Waals surface area contributed by atoms with Gasteiger partial charge < -0.3 is 25.8 Å². The SMILES string of the molecule is CCOC(=O)C(NC(=O)[C@H](CSCc1ccccc1)NC(=O)CC[C@H](N)C(=O)OCC)c1ccccc1. The van der Waals surface area contributed by atoms with E-state index < -0.39 is 41.9 Å².